The number of benzene rings is 6. The van der Waals surface area contributed by atoms with Gasteiger partial charge in [-0.25, -0.2) is 4.85 Å². The minimum Gasteiger partial charge on any atom is -0.305 e. The van der Waals surface area contributed by atoms with Crippen LogP contribution in [-0.4, -0.2) is 9.97 Å². The van der Waals surface area contributed by atoms with Gasteiger partial charge in [0.05, 0.1) is 6.57 Å². The third kappa shape index (κ3) is 9.46. The van der Waals surface area contributed by atoms with Gasteiger partial charge < -0.3 is 4.98 Å². The van der Waals surface area contributed by atoms with Gasteiger partial charge in [0.25, 0.3) is 0 Å². The van der Waals surface area contributed by atoms with E-state index < -0.39 is 11.7 Å². The molecule has 0 N–H and O–H groups in total. The van der Waals surface area contributed by atoms with Gasteiger partial charge in [0, 0.05) is 44.0 Å². The van der Waals surface area contributed by atoms with E-state index in [0.717, 1.165) is 45.1 Å². The van der Waals surface area contributed by atoms with Gasteiger partial charge in [-0.3, -0.25) is 9.37 Å². The fourth-order valence-corrected chi connectivity index (χ4v) is 6.46. The Morgan fingerprint density at radius 2 is 1.21 bits per heavy atom. The number of hydrogen-bond donors (Lipinski definition) is 0. The summed E-state index contributed by atoms with van der Waals surface area (Å²) in [5.74, 6) is -0.342. The van der Waals surface area contributed by atoms with Crippen molar-refractivity contribution in [2.24, 2.45) is 0 Å². The zero-order valence-electron chi connectivity index (χ0n) is 31.7. The van der Waals surface area contributed by atoms with Crippen LogP contribution in [0.1, 0.15) is 31.9 Å². The molecule has 6 aromatic carbocycles. The number of alkyl halides is 3. The van der Waals surface area contributed by atoms with E-state index in [1.165, 1.54) is 17.7 Å². The van der Waals surface area contributed by atoms with Crippen molar-refractivity contribution in [3.8, 4) is 55.9 Å². The summed E-state index contributed by atoms with van der Waals surface area (Å²) < 4.78 is 55.4. The first-order valence-electron chi connectivity index (χ1n) is 18.2. The smallest absolute Gasteiger partial charge is 0.305 e. The maximum atomic E-state index is 14.0. The van der Waals surface area contributed by atoms with E-state index in [1.54, 1.807) is 60.9 Å². The van der Waals surface area contributed by atoms with Gasteiger partial charge in [0.15, 0.2) is 5.69 Å². The molecule has 0 spiro atoms. The summed E-state index contributed by atoms with van der Waals surface area (Å²) in [5.41, 5.74) is 8.78. The van der Waals surface area contributed by atoms with Crippen LogP contribution in [0.25, 0.3) is 71.5 Å². The molecular weight excluding hydrogens is 911 g/mol. The molecule has 8 aromatic rings. The Morgan fingerprint density at radius 1 is 0.603 bits per heavy atom. The summed E-state index contributed by atoms with van der Waals surface area (Å²) >= 11 is 0. The minimum absolute atomic E-state index is 0. The van der Waals surface area contributed by atoms with Gasteiger partial charge in [-0.2, -0.15) is 13.2 Å². The molecule has 0 aliphatic rings. The first-order valence-corrected chi connectivity index (χ1v) is 18.2. The molecule has 0 amide bonds. The fourth-order valence-electron chi connectivity index (χ4n) is 6.46. The van der Waals surface area contributed by atoms with E-state index in [9.17, 15) is 17.6 Å². The molecule has 1 radical (unpaired) electrons. The molecule has 2 heterocycles. The predicted molar refractivity (Wildman–Crippen MR) is 221 cm³/mol. The van der Waals surface area contributed by atoms with Crippen LogP contribution in [0.2, 0.25) is 0 Å². The molecular formula is C50H35F4IrN3-2. The molecule has 0 atom stereocenters. The summed E-state index contributed by atoms with van der Waals surface area (Å²) in [5, 5.41) is 0.549. The van der Waals surface area contributed by atoms with Gasteiger partial charge in [-0.1, -0.05) is 146 Å². The molecule has 0 saturated carbocycles. The van der Waals surface area contributed by atoms with Gasteiger partial charge in [-0.15, -0.1) is 47.3 Å². The van der Waals surface area contributed by atoms with E-state index in [4.69, 9.17) is 6.57 Å². The van der Waals surface area contributed by atoms with Crippen molar-refractivity contribution in [2.75, 3.05) is 0 Å². The van der Waals surface area contributed by atoms with Crippen LogP contribution in [0.5, 0.6) is 0 Å². The molecule has 289 valence electrons. The van der Waals surface area contributed by atoms with E-state index in [0.29, 0.717) is 27.9 Å². The van der Waals surface area contributed by atoms with Crippen molar-refractivity contribution in [1.82, 2.24) is 9.97 Å². The van der Waals surface area contributed by atoms with Crippen molar-refractivity contribution in [2.45, 2.75) is 32.4 Å². The van der Waals surface area contributed by atoms with Gasteiger partial charge >= 0.3 is 6.18 Å². The average Bonchev–Trinajstić information content (AvgIpc) is 3.23. The first kappa shape index (κ1) is 41.4. The summed E-state index contributed by atoms with van der Waals surface area (Å²) in [7, 11) is 0. The Balaban J connectivity index is 0.000000220. The average molecular weight is 946 g/mol. The molecule has 0 unspecified atom stereocenters. The molecule has 0 aliphatic carbocycles. The van der Waals surface area contributed by atoms with E-state index in [-0.39, 0.29) is 36.7 Å². The largest absolute Gasteiger partial charge is 0.403 e. The second kappa shape index (κ2) is 17.5. The Labute approximate surface area is 349 Å². The fraction of sp³-hybridized carbons (Fsp3) is 0.100. The molecule has 0 saturated heterocycles. The van der Waals surface area contributed by atoms with E-state index in [2.05, 4.69) is 84.1 Å². The molecule has 8 heteroatoms. The number of halogens is 4. The van der Waals surface area contributed by atoms with Crippen LogP contribution in [0.15, 0.2) is 158 Å². The topological polar surface area (TPSA) is 30.1 Å². The maximum Gasteiger partial charge on any atom is 0.403 e. The Bertz CT molecular complexity index is 2700. The SMILES string of the molecule is CC(C)(C)c1ccc(-c2ccc(-c3ccnc(-c4[c-]c5ccccc5c(C(F)(F)F)c4)c3)cc2)cc1.[C-]#[N+]c1ccc(-c2cc(-c3ccccn3)[c-]cc2F)cc1.[Ir]. The number of pyridine rings is 2. The summed E-state index contributed by atoms with van der Waals surface area (Å²) in [6.07, 6.45) is -1.15. The number of nitrogens with zero attached hydrogens (tertiary/aromatic N) is 3. The number of hydrogen-bond acceptors (Lipinski definition) is 2. The molecule has 58 heavy (non-hydrogen) atoms. The van der Waals surface area contributed by atoms with Crippen molar-refractivity contribution >= 4 is 16.5 Å². The Morgan fingerprint density at radius 3 is 1.83 bits per heavy atom. The Hall–Kier alpha value is -6.26. The zero-order valence-corrected chi connectivity index (χ0v) is 34.1. The first-order chi connectivity index (χ1) is 27.4. The zero-order chi connectivity index (χ0) is 40.2. The summed E-state index contributed by atoms with van der Waals surface area (Å²) in [6, 6.07) is 49.5. The van der Waals surface area contributed by atoms with Gasteiger partial charge in [-0.05, 0) is 62.2 Å². The summed E-state index contributed by atoms with van der Waals surface area (Å²) in [4.78, 5) is 11.9. The Kier molecular flexibility index (Phi) is 12.5. The quantitative estimate of drug-likeness (QED) is 0.127. The van der Waals surface area contributed by atoms with Crippen molar-refractivity contribution in [1.29, 1.82) is 0 Å². The minimum atomic E-state index is -4.47. The van der Waals surface area contributed by atoms with Gasteiger partial charge in [0.2, 0.25) is 0 Å². The van der Waals surface area contributed by atoms with Crippen molar-refractivity contribution in [3.05, 3.63) is 198 Å². The molecule has 0 bridgehead atoms. The van der Waals surface area contributed by atoms with E-state index >= 15 is 0 Å². The normalized spacial score (nSPS) is 11.2. The molecule has 2 aromatic heterocycles. The van der Waals surface area contributed by atoms with Crippen LogP contribution < -0.4 is 0 Å². The summed E-state index contributed by atoms with van der Waals surface area (Å²) in [6.45, 7) is 13.5. The standard InChI is InChI=1S/C32H25F3N.C18H10FN2.Ir/c1-31(2,3)27-14-12-22(13-15-27)21-8-10-23(11-9-21)24-16-17-36-30(20-24)26-18-25-6-4-5-7-28(25)29(19-26)32(33,34)35;1-20-15-8-5-13(6-9-15)16-12-14(7-10-17(16)19)18-4-2-3-11-21-18;/h4-17,19-20H,1-3H3;2-6,8-12H;/q2*-1;. The van der Waals surface area contributed by atoms with Crippen molar-refractivity contribution in [3.63, 3.8) is 0 Å². The van der Waals surface area contributed by atoms with E-state index in [1.807, 2.05) is 42.5 Å². The van der Waals surface area contributed by atoms with Gasteiger partial charge in [0.1, 0.15) is 0 Å². The second-order valence-electron chi connectivity index (χ2n) is 14.5. The third-order valence-corrected chi connectivity index (χ3v) is 9.57. The molecule has 3 nitrogen and oxygen atoms in total. The number of rotatable bonds is 5. The third-order valence-electron chi connectivity index (χ3n) is 9.57. The second-order valence-corrected chi connectivity index (χ2v) is 14.5. The molecule has 8 rings (SSSR count). The van der Waals surface area contributed by atoms with Crippen LogP contribution in [0, 0.1) is 24.5 Å². The van der Waals surface area contributed by atoms with Crippen LogP contribution in [-0.2, 0) is 31.7 Å². The number of fused-ring (bicyclic) bond motifs is 1. The van der Waals surface area contributed by atoms with Crippen molar-refractivity contribution < 1.29 is 37.7 Å². The van der Waals surface area contributed by atoms with Crippen LogP contribution >= 0.6 is 0 Å². The maximum absolute atomic E-state index is 14.0. The number of aromatic nitrogens is 2. The predicted octanol–water partition coefficient (Wildman–Crippen LogP) is 14.3. The monoisotopic (exact) mass is 946 g/mol. The van der Waals surface area contributed by atoms with Crippen LogP contribution in [0.4, 0.5) is 23.2 Å². The van der Waals surface area contributed by atoms with Crippen LogP contribution in [0.3, 0.4) is 0 Å². The molecule has 0 aliphatic heterocycles. The molecule has 0 fully saturated rings.